The highest BCUT2D eigenvalue weighted by molar-refractivity contribution is 6.02. The molecule has 1 fully saturated rings. The van der Waals surface area contributed by atoms with Gasteiger partial charge in [-0.3, -0.25) is 9.89 Å². The number of halogens is 2. The Morgan fingerprint density at radius 2 is 2.04 bits per heavy atom. The van der Waals surface area contributed by atoms with Crippen molar-refractivity contribution < 1.29 is 13.6 Å². The van der Waals surface area contributed by atoms with Gasteiger partial charge in [0.25, 0.3) is 5.91 Å². The summed E-state index contributed by atoms with van der Waals surface area (Å²) in [5.74, 6) is -1.51. The molecule has 116 valence electrons. The Bertz CT molecular complexity index is 915. The summed E-state index contributed by atoms with van der Waals surface area (Å²) in [7, 11) is 0. The fraction of sp³-hybridized carbons (Fsp3) is 0.176. The van der Waals surface area contributed by atoms with Gasteiger partial charge in [0.05, 0.1) is 16.5 Å². The second kappa shape index (κ2) is 5.15. The van der Waals surface area contributed by atoms with E-state index < -0.39 is 17.5 Å². The van der Waals surface area contributed by atoms with E-state index in [-0.39, 0.29) is 22.7 Å². The number of carbonyl (C=O) groups excluding carboxylic acids is 1. The number of rotatable bonds is 3. The zero-order chi connectivity index (χ0) is 16.0. The number of aromatic nitrogens is 2. The standard InChI is InChI=1S/C17H13F2N3O/c18-10-3-1-2-9(8-10)16-14-13(21-22-16)7-6-12(15(14)19)17(23)20-11-4-5-11/h1-3,6-8,11H,4-5H2,(H,20,23)(H,21,22). The first-order valence-electron chi connectivity index (χ1n) is 7.37. The molecule has 23 heavy (non-hydrogen) atoms. The third-order valence-electron chi connectivity index (χ3n) is 3.92. The van der Waals surface area contributed by atoms with Crippen molar-refractivity contribution in [1.82, 2.24) is 15.5 Å². The number of carbonyl (C=O) groups is 1. The molecule has 0 saturated heterocycles. The van der Waals surface area contributed by atoms with Gasteiger partial charge in [-0.2, -0.15) is 5.10 Å². The number of nitrogens with zero attached hydrogens (tertiary/aromatic N) is 1. The summed E-state index contributed by atoms with van der Waals surface area (Å²) in [6, 6.07) is 8.96. The van der Waals surface area contributed by atoms with E-state index >= 15 is 0 Å². The van der Waals surface area contributed by atoms with Crippen molar-refractivity contribution in [3.8, 4) is 11.3 Å². The maximum atomic E-state index is 14.9. The predicted octanol–water partition coefficient (Wildman–Crippen LogP) is 3.40. The van der Waals surface area contributed by atoms with E-state index in [1.807, 2.05) is 0 Å². The first kappa shape index (κ1) is 13.9. The van der Waals surface area contributed by atoms with Gasteiger partial charge in [0.2, 0.25) is 0 Å². The van der Waals surface area contributed by atoms with E-state index in [0.717, 1.165) is 12.8 Å². The summed E-state index contributed by atoms with van der Waals surface area (Å²) in [4.78, 5) is 12.1. The Labute approximate surface area is 130 Å². The number of aromatic amines is 1. The van der Waals surface area contributed by atoms with E-state index in [4.69, 9.17) is 0 Å². The van der Waals surface area contributed by atoms with Crippen LogP contribution in [-0.2, 0) is 0 Å². The predicted molar refractivity (Wildman–Crippen MR) is 81.9 cm³/mol. The second-order valence-corrected chi connectivity index (χ2v) is 5.68. The van der Waals surface area contributed by atoms with Crippen LogP contribution in [0.5, 0.6) is 0 Å². The first-order chi connectivity index (χ1) is 11.1. The quantitative estimate of drug-likeness (QED) is 0.778. The monoisotopic (exact) mass is 313 g/mol. The van der Waals surface area contributed by atoms with Crippen LogP contribution in [0.3, 0.4) is 0 Å². The largest absolute Gasteiger partial charge is 0.349 e. The summed E-state index contributed by atoms with van der Waals surface area (Å²) < 4.78 is 28.3. The Kier molecular flexibility index (Phi) is 3.11. The number of benzene rings is 2. The lowest BCUT2D eigenvalue weighted by Crippen LogP contribution is -2.26. The summed E-state index contributed by atoms with van der Waals surface area (Å²) in [6.07, 6.45) is 1.85. The van der Waals surface area contributed by atoms with E-state index in [2.05, 4.69) is 15.5 Å². The van der Waals surface area contributed by atoms with Crippen LogP contribution in [0.4, 0.5) is 8.78 Å². The summed E-state index contributed by atoms with van der Waals surface area (Å²) in [5, 5.41) is 9.76. The van der Waals surface area contributed by atoms with E-state index in [0.29, 0.717) is 11.1 Å². The molecule has 0 radical (unpaired) electrons. The van der Waals surface area contributed by atoms with E-state index in [9.17, 15) is 13.6 Å². The van der Waals surface area contributed by atoms with Crippen LogP contribution in [0, 0.1) is 11.6 Å². The lowest BCUT2D eigenvalue weighted by Gasteiger charge is -2.06. The van der Waals surface area contributed by atoms with Gasteiger partial charge in [0.1, 0.15) is 17.3 Å². The third kappa shape index (κ3) is 2.46. The summed E-state index contributed by atoms with van der Waals surface area (Å²) >= 11 is 0. The molecule has 4 rings (SSSR count). The fourth-order valence-corrected chi connectivity index (χ4v) is 2.58. The SMILES string of the molecule is O=C(NC1CC1)c1ccc2[nH]nc(-c3cccc(F)c3)c2c1F. The summed E-state index contributed by atoms with van der Waals surface area (Å²) in [5.41, 5.74) is 1.18. The molecule has 1 aliphatic rings. The maximum Gasteiger partial charge on any atom is 0.254 e. The smallest absolute Gasteiger partial charge is 0.254 e. The summed E-state index contributed by atoms with van der Waals surface area (Å²) in [6.45, 7) is 0. The molecule has 2 N–H and O–H groups in total. The Morgan fingerprint density at radius 3 is 2.78 bits per heavy atom. The minimum atomic E-state index is -0.645. The maximum absolute atomic E-state index is 14.9. The highest BCUT2D eigenvalue weighted by atomic mass is 19.1. The lowest BCUT2D eigenvalue weighted by atomic mass is 10.0. The number of hydrogen-bond donors (Lipinski definition) is 2. The van der Waals surface area contributed by atoms with Crippen molar-refractivity contribution >= 4 is 16.8 Å². The molecule has 0 atom stereocenters. The average Bonchev–Trinajstić information content (AvgIpc) is 3.23. The number of amides is 1. The Morgan fingerprint density at radius 1 is 1.22 bits per heavy atom. The topological polar surface area (TPSA) is 57.8 Å². The van der Waals surface area contributed by atoms with Crippen molar-refractivity contribution in [2.75, 3.05) is 0 Å². The third-order valence-corrected chi connectivity index (χ3v) is 3.92. The number of H-pyrrole nitrogens is 1. The van der Waals surface area contributed by atoms with E-state index in [1.165, 1.54) is 24.3 Å². The molecule has 0 unspecified atom stereocenters. The Hall–Kier alpha value is -2.76. The van der Waals surface area contributed by atoms with Crippen molar-refractivity contribution in [3.05, 3.63) is 53.6 Å². The normalized spacial score (nSPS) is 14.2. The molecule has 0 spiro atoms. The lowest BCUT2D eigenvalue weighted by molar-refractivity contribution is 0.0947. The molecule has 1 heterocycles. The van der Waals surface area contributed by atoms with Gasteiger partial charge in [0, 0.05) is 11.6 Å². The van der Waals surface area contributed by atoms with Crippen LogP contribution in [0.1, 0.15) is 23.2 Å². The highest BCUT2D eigenvalue weighted by Crippen LogP contribution is 2.30. The van der Waals surface area contributed by atoms with Crippen LogP contribution in [-0.4, -0.2) is 22.1 Å². The Balaban J connectivity index is 1.85. The van der Waals surface area contributed by atoms with Gasteiger partial charge in [-0.25, -0.2) is 8.78 Å². The molecule has 1 aliphatic carbocycles. The molecule has 1 amide bonds. The molecule has 0 aliphatic heterocycles. The molecule has 2 aromatic carbocycles. The van der Waals surface area contributed by atoms with Crippen molar-refractivity contribution in [3.63, 3.8) is 0 Å². The average molecular weight is 313 g/mol. The first-order valence-corrected chi connectivity index (χ1v) is 7.37. The van der Waals surface area contributed by atoms with Gasteiger partial charge in [-0.15, -0.1) is 0 Å². The fourth-order valence-electron chi connectivity index (χ4n) is 2.58. The van der Waals surface area contributed by atoms with Gasteiger partial charge in [0.15, 0.2) is 0 Å². The number of nitrogens with one attached hydrogen (secondary N) is 2. The molecular formula is C17H13F2N3O. The van der Waals surface area contributed by atoms with Gasteiger partial charge >= 0.3 is 0 Å². The molecule has 3 aromatic rings. The molecule has 1 aromatic heterocycles. The van der Waals surface area contributed by atoms with Crippen molar-refractivity contribution in [1.29, 1.82) is 0 Å². The molecule has 6 heteroatoms. The zero-order valence-corrected chi connectivity index (χ0v) is 12.1. The molecule has 4 nitrogen and oxygen atoms in total. The van der Waals surface area contributed by atoms with Crippen LogP contribution in [0.25, 0.3) is 22.2 Å². The number of hydrogen-bond acceptors (Lipinski definition) is 2. The molecule has 1 saturated carbocycles. The van der Waals surface area contributed by atoms with Crippen LogP contribution >= 0.6 is 0 Å². The highest BCUT2D eigenvalue weighted by Gasteiger charge is 2.26. The van der Waals surface area contributed by atoms with Crippen molar-refractivity contribution in [2.24, 2.45) is 0 Å². The minimum absolute atomic E-state index is 0.0246. The van der Waals surface area contributed by atoms with Gasteiger partial charge < -0.3 is 5.32 Å². The minimum Gasteiger partial charge on any atom is -0.349 e. The van der Waals surface area contributed by atoms with Crippen LogP contribution < -0.4 is 5.32 Å². The van der Waals surface area contributed by atoms with Gasteiger partial charge in [-0.1, -0.05) is 12.1 Å². The van der Waals surface area contributed by atoms with Crippen molar-refractivity contribution in [2.45, 2.75) is 18.9 Å². The number of fused-ring (bicyclic) bond motifs is 1. The van der Waals surface area contributed by atoms with E-state index in [1.54, 1.807) is 12.1 Å². The second-order valence-electron chi connectivity index (χ2n) is 5.68. The van der Waals surface area contributed by atoms with Crippen LogP contribution in [0.15, 0.2) is 36.4 Å². The molecule has 0 bridgehead atoms. The van der Waals surface area contributed by atoms with Gasteiger partial charge in [-0.05, 0) is 37.1 Å². The zero-order valence-electron chi connectivity index (χ0n) is 12.1. The van der Waals surface area contributed by atoms with Crippen LogP contribution in [0.2, 0.25) is 0 Å². The molecular weight excluding hydrogens is 300 g/mol.